The summed E-state index contributed by atoms with van der Waals surface area (Å²) < 4.78 is 6.10. The molecular weight excluding hydrogens is 467 g/mol. The number of nitrogens with one attached hydrogen (secondary N) is 1. The van der Waals surface area contributed by atoms with E-state index in [9.17, 15) is 10.1 Å². The smallest absolute Gasteiger partial charge is 0.266 e. The fraction of sp³-hybridized carbons (Fsp3) is 0.0714. The van der Waals surface area contributed by atoms with Crippen LogP contribution in [0.4, 0.5) is 5.69 Å². The van der Waals surface area contributed by atoms with Gasteiger partial charge in [-0.3, -0.25) is 4.79 Å². The monoisotopic (exact) mass is 486 g/mol. The maximum Gasteiger partial charge on any atom is 0.266 e. The van der Waals surface area contributed by atoms with Crippen LogP contribution < -0.4 is 10.1 Å². The third-order valence-corrected chi connectivity index (χ3v) is 6.07. The third-order valence-electron chi connectivity index (χ3n) is 5.39. The van der Waals surface area contributed by atoms with Crippen LogP contribution in [0.5, 0.6) is 5.75 Å². The Balaban J connectivity index is 1.73. The van der Waals surface area contributed by atoms with Gasteiger partial charge in [0.1, 0.15) is 24.0 Å². The van der Waals surface area contributed by atoms with Crippen molar-refractivity contribution in [3.05, 3.63) is 111 Å². The van der Waals surface area contributed by atoms with Gasteiger partial charge in [0.05, 0.1) is 10.7 Å². The Morgan fingerprint density at radius 1 is 0.971 bits per heavy atom. The number of rotatable bonds is 6. The Kier molecular flexibility index (Phi) is 7.18. The van der Waals surface area contributed by atoms with Gasteiger partial charge in [-0.15, -0.1) is 0 Å². The predicted octanol–water partition coefficient (Wildman–Crippen LogP) is 7.58. The summed E-state index contributed by atoms with van der Waals surface area (Å²) in [6.45, 7) is 2.08. The first kappa shape index (κ1) is 23.4. The highest BCUT2D eigenvalue weighted by atomic mass is 35.5. The topological polar surface area (TPSA) is 62.1 Å². The summed E-state index contributed by atoms with van der Waals surface area (Å²) in [6, 6.07) is 26.3. The quantitative estimate of drug-likeness (QED) is 0.225. The number of ether oxygens (including phenoxy) is 1. The summed E-state index contributed by atoms with van der Waals surface area (Å²) in [4.78, 5) is 13.0. The van der Waals surface area contributed by atoms with Crippen molar-refractivity contribution in [2.24, 2.45) is 0 Å². The van der Waals surface area contributed by atoms with Crippen LogP contribution in [0, 0.1) is 18.3 Å². The summed E-state index contributed by atoms with van der Waals surface area (Å²) in [6.07, 6.45) is 1.55. The number of hydrogen-bond donors (Lipinski definition) is 1. The third kappa shape index (κ3) is 5.07. The standard InChI is InChI=1S/C28H20Cl2N2O2/c1-18-7-6-12-25(30)27(18)32-28(33)21(16-31)15-23-22-10-4-2-8-19(22)13-14-26(23)34-17-20-9-3-5-11-24(20)29/h2-15H,17H2,1H3,(H,32,33)/b21-15+. The lowest BCUT2D eigenvalue weighted by Crippen LogP contribution is -2.14. The minimum atomic E-state index is -0.552. The molecule has 0 radical (unpaired) electrons. The van der Waals surface area contributed by atoms with Gasteiger partial charge >= 0.3 is 0 Å². The van der Waals surface area contributed by atoms with Crippen LogP contribution in [0.3, 0.4) is 0 Å². The average Bonchev–Trinajstić information content (AvgIpc) is 2.84. The van der Waals surface area contributed by atoms with Gasteiger partial charge in [-0.05, 0) is 47.5 Å². The highest BCUT2D eigenvalue weighted by Crippen LogP contribution is 2.32. The van der Waals surface area contributed by atoms with Gasteiger partial charge in [-0.2, -0.15) is 5.26 Å². The van der Waals surface area contributed by atoms with E-state index in [-0.39, 0.29) is 12.2 Å². The second-order valence-electron chi connectivity index (χ2n) is 7.63. The molecule has 1 N–H and O–H groups in total. The molecule has 0 aromatic heterocycles. The number of carbonyl (C=O) groups is 1. The van der Waals surface area contributed by atoms with Crippen molar-refractivity contribution in [1.82, 2.24) is 0 Å². The van der Waals surface area contributed by atoms with Crippen LogP contribution in [-0.2, 0) is 11.4 Å². The predicted molar refractivity (Wildman–Crippen MR) is 138 cm³/mol. The fourth-order valence-corrected chi connectivity index (χ4v) is 4.04. The molecule has 4 nitrogen and oxygen atoms in total. The van der Waals surface area contributed by atoms with Gasteiger partial charge in [0, 0.05) is 16.1 Å². The molecule has 0 aliphatic carbocycles. The molecule has 0 saturated heterocycles. The number of nitrogens with zero attached hydrogens (tertiary/aromatic N) is 1. The highest BCUT2D eigenvalue weighted by molar-refractivity contribution is 6.34. The number of carbonyl (C=O) groups excluding carboxylic acids is 1. The summed E-state index contributed by atoms with van der Waals surface area (Å²) >= 11 is 12.5. The first-order chi connectivity index (χ1) is 16.5. The molecule has 0 unspecified atom stereocenters. The number of fused-ring (bicyclic) bond motifs is 1. The van der Waals surface area contributed by atoms with E-state index in [4.69, 9.17) is 27.9 Å². The van der Waals surface area contributed by atoms with E-state index in [0.717, 1.165) is 21.9 Å². The van der Waals surface area contributed by atoms with Crippen LogP contribution in [0.15, 0.2) is 84.4 Å². The number of anilines is 1. The number of benzene rings is 4. The van der Waals surface area contributed by atoms with E-state index in [1.165, 1.54) is 0 Å². The molecule has 4 rings (SSSR count). The normalized spacial score (nSPS) is 11.2. The van der Waals surface area contributed by atoms with Crippen molar-refractivity contribution in [2.75, 3.05) is 5.32 Å². The van der Waals surface area contributed by atoms with E-state index < -0.39 is 5.91 Å². The minimum Gasteiger partial charge on any atom is -0.488 e. The van der Waals surface area contributed by atoms with Crippen molar-refractivity contribution >= 4 is 51.6 Å². The van der Waals surface area contributed by atoms with Gasteiger partial charge in [0.25, 0.3) is 5.91 Å². The number of hydrogen-bond acceptors (Lipinski definition) is 3. The Labute approximate surface area is 208 Å². The zero-order chi connectivity index (χ0) is 24.1. The van der Waals surface area contributed by atoms with E-state index in [2.05, 4.69) is 5.32 Å². The van der Waals surface area contributed by atoms with Crippen LogP contribution in [-0.4, -0.2) is 5.91 Å². The first-order valence-corrected chi connectivity index (χ1v) is 11.3. The molecule has 0 spiro atoms. The molecule has 0 heterocycles. The number of amides is 1. The zero-order valence-electron chi connectivity index (χ0n) is 18.3. The molecule has 34 heavy (non-hydrogen) atoms. The van der Waals surface area contributed by atoms with E-state index in [0.29, 0.717) is 27.0 Å². The number of halogens is 2. The largest absolute Gasteiger partial charge is 0.488 e. The van der Waals surface area contributed by atoms with Crippen molar-refractivity contribution in [2.45, 2.75) is 13.5 Å². The molecule has 4 aromatic rings. The van der Waals surface area contributed by atoms with Gasteiger partial charge in [0.2, 0.25) is 0 Å². The van der Waals surface area contributed by atoms with Crippen LogP contribution >= 0.6 is 23.2 Å². The van der Waals surface area contributed by atoms with Crippen LogP contribution in [0.25, 0.3) is 16.8 Å². The maximum absolute atomic E-state index is 13.0. The van der Waals surface area contributed by atoms with Gasteiger partial charge in [-0.25, -0.2) is 0 Å². The Morgan fingerprint density at radius 2 is 1.71 bits per heavy atom. The van der Waals surface area contributed by atoms with E-state index >= 15 is 0 Å². The van der Waals surface area contributed by atoms with Crippen molar-refractivity contribution in [3.63, 3.8) is 0 Å². The number of para-hydroxylation sites is 1. The second-order valence-corrected chi connectivity index (χ2v) is 8.45. The number of aryl methyl sites for hydroxylation is 1. The molecule has 0 aliphatic rings. The van der Waals surface area contributed by atoms with Gasteiger partial charge in [0.15, 0.2) is 0 Å². The SMILES string of the molecule is Cc1cccc(Cl)c1NC(=O)/C(C#N)=C/c1c(OCc2ccccc2Cl)ccc2ccccc12. The second kappa shape index (κ2) is 10.4. The molecule has 0 atom stereocenters. The molecule has 0 bridgehead atoms. The van der Waals surface area contributed by atoms with E-state index in [1.54, 1.807) is 24.3 Å². The maximum atomic E-state index is 13.0. The highest BCUT2D eigenvalue weighted by Gasteiger charge is 2.16. The lowest BCUT2D eigenvalue weighted by molar-refractivity contribution is -0.112. The summed E-state index contributed by atoms with van der Waals surface area (Å²) in [5.41, 5.74) is 2.67. The minimum absolute atomic E-state index is 0.0710. The van der Waals surface area contributed by atoms with Gasteiger partial charge in [-0.1, -0.05) is 83.9 Å². The molecule has 4 aromatic carbocycles. The summed E-state index contributed by atoms with van der Waals surface area (Å²) in [5.74, 6) is -0.0169. The summed E-state index contributed by atoms with van der Waals surface area (Å²) in [7, 11) is 0. The Morgan fingerprint density at radius 3 is 2.47 bits per heavy atom. The molecule has 0 aliphatic heterocycles. The summed E-state index contributed by atoms with van der Waals surface area (Å²) in [5, 5.41) is 15.4. The van der Waals surface area contributed by atoms with Crippen molar-refractivity contribution in [3.8, 4) is 11.8 Å². The average molecular weight is 487 g/mol. The van der Waals surface area contributed by atoms with Crippen molar-refractivity contribution < 1.29 is 9.53 Å². The fourth-order valence-electron chi connectivity index (χ4n) is 3.59. The molecule has 6 heteroatoms. The van der Waals surface area contributed by atoms with Crippen LogP contribution in [0.2, 0.25) is 10.0 Å². The van der Waals surface area contributed by atoms with Gasteiger partial charge < -0.3 is 10.1 Å². The molecule has 0 saturated carbocycles. The molecular formula is C28H20Cl2N2O2. The van der Waals surface area contributed by atoms with E-state index in [1.807, 2.05) is 73.7 Å². The lowest BCUT2D eigenvalue weighted by Gasteiger charge is -2.14. The molecule has 1 amide bonds. The molecule has 168 valence electrons. The van der Waals surface area contributed by atoms with Crippen molar-refractivity contribution in [1.29, 1.82) is 5.26 Å². The lowest BCUT2D eigenvalue weighted by atomic mass is 10.0. The zero-order valence-corrected chi connectivity index (χ0v) is 19.8. The number of nitriles is 1. The Bertz CT molecular complexity index is 1430. The van der Waals surface area contributed by atoms with Crippen LogP contribution in [0.1, 0.15) is 16.7 Å². The Hall–Kier alpha value is -3.78. The first-order valence-electron chi connectivity index (χ1n) is 10.5. The molecule has 0 fully saturated rings.